The normalized spacial score (nSPS) is 12.1. The molecule has 0 radical (unpaired) electrons. The van der Waals surface area contributed by atoms with Gasteiger partial charge in [0.1, 0.15) is 5.82 Å². The molecule has 4 heterocycles. The molecule has 6 rings (SSSR count). The Labute approximate surface area is 227 Å². The lowest BCUT2D eigenvalue weighted by atomic mass is 10.0. The first kappa shape index (κ1) is 24.1. The predicted octanol–water partition coefficient (Wildman–Crippen LogP) is 9.08. The molecule has 0 bridgehead atoms. The molecule has 2 aromatic carbocycles. The monoisotopic (exact) mass is 504 g/mol. The van der Waals surface area contributed by atoms with Crippen LogP contribution in [-0.4, -0.2) is 19.1 Å². The summed E-state index contributed by atoms with van der Waals surface area (Å²) in [6.45, 7) is 14.0. The highest BCUT2D eigenvalue weighted by molar-refractivity contribution is 6.14. The van der Waals surface area contributed by atoms with E-state index in [4.69, 9.17) is 4.98 Å². The third-order valence-electron chi connectivity index (χ3n) is 7.11. The molecule has 0 aliphatic rings. The van der Waals surface area contributed by atoms with Crippen molar-refractivity contribution in [2.75, 3.05) is 0 Å². The highest BCUT2D eigenvalue weighted by Gasteiger charge is 2.19. The van der Waals surface area contributed by atoms with Crippen LogP contribution in [0.4, 0.5) is 0 Å². The van der Waals surface area contributed by atoms with Crippen LogP contribution in [0.25, 0.3) is 67.4 Å². The number of aromatic nitrogens is 4. The summed E-state index contributed by atoms with van der Waals surface area (Å²) in [5, 5.41) is 4.58. The van der Waals surface area contributed by atoms with Gasteiger partial charge in [-0.05, 0) is 66.9 Å². The van der Waals surface area contributed by atoms with E-state index >= 15 is 0 Å². The van der Waals surface area contributed by atoms with Crippen LogP contribution >= 0.6 is 0 Å². The summed E-state index contributed by atoms with van der Waals surface area (Å²) in [5.41, 5.74) is 7.41. The van der Waals surface area contributed by atoms with Crippen molar-refractivity contribution in [2.45, 2.75) is 6.92 Å². The highest BCUT2D eigenvalue weighted by atomic mass is 15.1. The average molecular weight is 505 g/mol. The van der Waals surface area contributed by atoms with E-state index in [1.165, 1.54) is 0 Å². The minimum atomic E-state index is 0.849. The van der Waals surface area contributed by atoms with Crippen LogP contribution in [0.1, 0.15) is 18.2 Å². The lowest BCUT2D eigenvalue weighted by molar-refractivity contribution is 1.03. The SMILES string of the molecule is C=C/C=C(\C=C)n1ccc2cc3c(ccc4c(C=C)c(/C=C\C)n(-c5ccc(-c6cccnc6)cn5)c43)cc21. The van der Waals surface area contributed by atoms with E-state index in [1.807, 2.05) is 49.7 Å². The Morgan fingerprint density at radius 2 is 1.77 bits per heavy atom. The maximum Gasteiger partial charge on any atom is 0.137 e. The Hall–Kier alpha value is -5.22. The van der Waals surface area contributed by atoms with E-state index < -0.39 is 0 Å². The predicted molar refractivity (Wildman–Crippen MR) is 167 cm³/mol. The van der Waals surface area contributed by atoms with Gasteiger partial charge in [-0.1, -0.05) is 56.2 Å². The Bertz CT molecular complexity index is 1950. The van der Waals surface area contributed by atoms with E-state index in [9.17, 15) is 0 Å². The van der Waals surface area contributed by atoms with Crippen LogP contribution in [0.5, 0.6) is 0 Å². The number of hydrogen-bond donors (Lipinski definition) is 0. The quantitative estimate of drug-likeness (QED) is 0.203. The van der Waals surface area contributed by atoms with E-state index in [-0.39, 0.29) is 0 Å². The summed E-state index contributed by atoms with van der Waals surface area (Å²) in [4.78, 5) is 9.18. The first-order chi connectivity index (χ1) is 19.2. The van der Waals surface area contributed by atoms with Gasteiger partial charge in [-0.25, -0.2) is 4.98 Å². The molecule has 4 heteroatoms. The average Bonchev–Trinajstić information content (AvgIpc) is 3.53. The van der Waals surface area contributed by atoms with Gasteiger partial charge in [0.2, 0.25) is 0 Å². The summed E-state index contributed by atoms with van der Waals surface area (Å²) in [6, 6.07) is 19.2. The molecule has 0 spiro atoms. The first-order valence-electron chi connectivity index (χ1n) is 12.9. The van der Waals surface area contributed by atoms with Crippen molar-refractivity contribution < 1.29 is 0 Å². The molecule has 0 saturated carbocycles. The van der Waals surface area contributed by atoms with Crippen molar-refractivity contribution in [1.29, 1.82) is 0 Å². The fourth-order valence-corrected chi connectivity index (χ4v) is 5.37. The summed E-state index contributed by atoms with van der Waals surface area (Å²) >= 11 is 0. The Morgan fingerprint density at radius 1 is 0.897 bits per heavy atom. The number of allylic oxidation sites excluding steroid dienone is 5. The maximum absolute atomic E-state index is 4.93. The highest BCUT2D eigenvalue weighted by Crippen LogP contribution is 2.38. The molecule has 39 heavy (non-hydrogen) atoms. The van der Waals surface area contributed by atoms with Gasteiger partial charge < -0.3 is 4.57 Å². The number of nitrogens with zero attached hydrogens (tertiary/aromatic N) is 4. The van der Waals surface area contributed by atoms with E-state index in [1.54, 1.807) is 12.3 Å². The van der Waals surface area contributed by atoms with Gasteiger partial charge in [0.15, 0.2) is 0 Å². The molecule has 4 aromatic heterocycles. The van der Waals surface area contributed by atoms with Crippen molar-refractivity contribution in [3.63, 3.8) is 0 Å². The summed E-state index contributed by atoms with van der Waals surface area (Å²) < 4.78 is 4.39. The third-order valence-corrected chi connectivity index (χ3v) is 7.11. The van der Waals surface area contributed by atoms with Gasteiger partial charge in [0.25, 0.3) is 0 Å². The van der Waals surface area contributed by atoms with Gasteiger partial charge in [0.05, 0.1) is 16.7 Å². The molecular formula is C35H28N4. The number of benzene rings is 2. The molecule has 6 aromatic rings. The summed E-state index contributed by atoms with van der Waals surface area (Å²) in [6.07, 6.45) is 19.4. The van der Waals surface area contributed by atoms with Gasteiger partial charge in [-0.3, -0.25) is 9.55 Å². The molecular weight excluding hydrogens is 476 g/mol. The lowest BCUT2D eigenvalue weighted by Crippen LogP contribution is -2.00. The molecule has 0 atom stereocenters. The molecule has 0 aliphatic carbocycles. The van der Waals surface area contributed by atoms with Gasteiger partial charge in [-0.15, -0.1) is 0 Å². The van der Waals surface area contributed by atoms with Crippen LogP contribution in [-0.2, 0) is 0 Å². The zero-order valence-corrected chi connectivity index (χ0v) is 21.9. The van der Waals surface area contributed by atoms with Crippen molar-refractivity contribution >= 4 is 50.4 Å². The Balaban J connectivity index is 1.65. The number of pyridine rings is 2. The van der Waals surface area contributed by atoms with E-state index in [0.29, 0.717) is 0 Å². The second-order valence-electron chi connectivity index (χ2n) is 9.30. The third kappa shape index (κ3) is 3.94. The van der Waals surface area contributed by atoms with Crippen LogP contribution in [0.2, 0.25) is 0 Å². The first-order valence-corrected chi connectivity index (χ1v) is 12.9. The fourth-order valence-electron chi connectivity index (χ4n) is 5.37. The molecule has 0 fully saturated rings. The summed E-state index contributed by atoms with van der Waals surface area (Å²) in [5.74, 6) is 0.849. The number of fused-ring (bicyclic) bond motifs is 4. The van der Waals surface area contributed by atoms with Crippen LogP contribution in [0.15, 0.2) is 123 Å². The van der Waals surface area contributed by atoms with Crippen molar-refractivity contribution in [3.8, 4) is 16.9 Å². The molecule has 0 N–H and O–H groups in total. The van der Waals surface area contributed by atoms with E-state index in [0.717, 1.165) is 66.5 Å². The largest absolute Gasteiger partial charge is 0.317 e. The lowest BCUT2D eigenvalue weighted by Gasteiger charge is -2.12. The molecule has 188 valence electrons. The Kier molecular flexibility index (Phi) is 6.14. The van der Waals surface area contributed by atoms with E-state index in [2.05, 4.69) is 94.7 Å². The van der Waals surface area contributed by atoms with Gasteiger partial charge >= 0.3 is 0 Å². The van der Waals surface area contributed by atoms with Crippen LogP contribution < -0.4 is 0 Å². The molecule has 0 aliphatic heterocycles. The maximum atomic E-state index is 4.93. The van der Waals surface area contributed by atoms with Crippen molar-refractivity contribution in [2.24, 2.45) is 0 Å². The van der Waals surface area contributed by atoms with Gasteiger partial charge in [0, 0.05) is 63.3 Å². The zero-order chi connectivity index (χ0) is 26.9. The smallest absolute Gasteiger partial charge is 0.137 e. The standard InChI is InChI=1S/C35H28N4/c1-5-10-28(7-3)38-19-17-25-20-31-24(21-33(25)38)13-15-30-29(8-4)32(11-6-2)39(35(30)31)34-16-14-27(23-37-34)26-12-9-18-36-22-26/h5-23H,1,3-4H2,2H3/b11-6-,28-10+. The number of hydrogen-bond acceptors (Lipinski definition) is 2. The number of rotatable bonds is 7. The zero-order valence-electron chi connectivity index (χ0n) is 21.9. The van der Waals surface area contributed by atoms with Gasteiger partial charge in [-0.2, -0.15) is 0 Å². The minimum absolute atomic E-state index is 0.849. The molecule has 0 unspecified atom stereocenters. The summed E-state index contributed by atoms with van der Waals surface area (Å²) in [7, 11) is 0. The van der Waals surface area contributed by atoms with Crippen molar-refractivity contribution in [3.05, 3.63) is 135 Å². The van der Waals surface area contributed by atoms with Crippen molar-refractivity contribution in [1.82, 2.24) is 19.1 Å². The molecule has 0 amide bonds. The molecule has 4 nitrogen and oxygen atoms in total. The topological polar surface area (TPSA) is 35.6 Å². The Morgan fingerprint density at radius 3 is 2.46 bits per heavy atom. The second kappa shape index (κ2) is 9.92. The van der Waals surface area contributed by atoms with Crippen LogP contribution in [0, 0.1) is 0 Å². The van der Waals surface area contributed by atoms with Crippen LogP contribution in [0.3, 0.4) is 0 Å². The second-order valence-corrected chi connectivity index (χ2v) is 9.30. The molecule has 0 saturated heterocycles. The fraction of sp³-hybridized carbons (Fsp3) is 0.0286. The minimum Gasteiger partial charge on any atom is -0.317 e.